The Morgan fingerprint density at radius 1 is 1.28 bits per heavy atom. The highest BCUT2D eigenvalue weighted by Gasteiger charge is 2.08. The molecule has 1 aromatic heterocycles. The van der Waals surface area contributed by atoms with Crippen molar-refractivity contribution in [3.05, 3.63) is 24.3 Å². The van der Waals surface area contributed by atoms with Gasteiger partial charge in [0.2, 0.25) is 5.89 Å². The minimum absolute atomic E-state index is 0.173. The summed E-state index contributed by atoms with van der Waals surface area (Å²) in [5, 5.41) is 17.1. The Balaban J connectivity index is 2.04. The lowest BCUT2D eigenvalue weighted by Gasteiger charge is -1.99. The van der Waals surface area contributed by atoms with Crippen molar-refractivity contribution in [2.75, 3.05) is 19.5 Å². The highest BCUT2D eigenvalue weighted by molar-refractivity contribution is 7.99. The number of rotatable bonds is 6. The van der Waals surface area contributed by atoms with Gasteiger partial charge in [0.1, 0.15) is 5.75 Å². The van der Waals surface area contributed by atoms with Gasteiger partial charge in [-0.25, -0.2) is 0 Å². The number of aromatic nitrogens is 2. The summed E-state index contributed by atoms with van der Waals surface area (Å²) >= 11 is 1.44. The van der Waals surface area contributed by atoms with Gasteiger partial charge in [0.05, 0.1) is 7.11 Å². The fourth-order valence-electron chi connectivity index (χ4n) is 1.34. The molecule has 0 aliphatic rings. The molecule has 1 N–H and O–H groups in total. The maximum atomic E-state index is 8.69. The second-order valence-electron chi connectivity index (χ2n) is 3.53. The molecule has 2 aromatic rings. The molecule has 18 heavy (non-hydrogen) atoms. The molecule has 0 bridgehead atoms. The van der Waals surface area contributed by atoms with Crippen molar-refractivity contribution in [2.24, 2.45) is 0 Å². The predicted octanol–water partition coefficient (Wildman–Crippen LogP) is 2.22. The summed E-state index contributed by atoms with van der Waals surface area (Å²) in [5.41, 5.74) is 0.859. The normalized spacial score (nSPS) is 10.6. The third-order valence-corrected chi connectivity index (χ3v) is 3.18. The third-order valence-electron chi connectivity index (χ3n) is 2.27. The Bertz CT molecular complexity index is 484. The van der Waals surface area contributed by atoms with Crippen LogP contribution in [0.5, 0.6) is 5.75 Å². The van der Waals surface area contributed by atoms with Gasteiger partial charge >= 0.3 is 0 Å². The molecule has 0 radical (unpaired) electrons. The van der Waals surface area contributed by atoms with Crippen LogP contribution in [0.1, 0.15) is 6.42 Å². The average Bonchev–Trinajstić information content (AvgIpc) is 2.88. The van der Waals surface area contributed by atoms with E-state index in [0.717, 1.165) is 17.1 Å². The lowest BCUT2D eigenvalue weighted by molar-refractivity contribution is 0.296. The number of benzene rings is 1. The van der Waals surface area contributed by atoms with Crippen molar-refractivity contribution in [1.29, 1.82) is 0 Å². The minimum atomic E-state index is 0.173. The van der Waals surface area contributed by atoms with Crippen LogP contribution in [0.2, 0.25) is 0 Å². The topological polar surface area (TPSA) is 68.4 Å². The molecule has 0 aliphatic heterocycles. The van der Waals surface area contributed by atoms with Crippen LogP contribution in [-0.4, -0.2) is 34.8 Å². The van der Waals surface area contributed by atoms with E-state index >= 15 is 0 Å². The van der Waals surface area contributed by atoms with Crippen molar-refractivity contribution in [3.8, 4) is 17.2 Å². The zero-order chi connectivity index (χ0) is 12.8. The molecule has 0 spiro atoms. The Morgan fingerprint density at radius 2 is 2.06 bits per heavy atom. The third kappa shape index (κ3) is 3.24. The number of nitrogens with zero attached hydrogens (tertiary/aromatic N) is 2. The molecule has 0 saturated heterocycles. The summed E-state index contributed by atoms with van der Waals surface area (Å²) in [6, 6.07) is 7.43. The van der Waals surface area contributed by atoms with E-state index in [2.05, 4.69) is 10.2 Å². The fourth-order valence-corrected chi connectivity index (χ4v) is 2.03. The van der Waals surface area contributed by atoms with Crippen molar-refractivity contribution in [3.63, 3.8) is 0 Å². The van der Waals surface area contributed by atoms with Gasteiger partial charge < -0.3 is 14.3 Å². The van der Waals surface area contributed by atoms with E-state index in [-0.39, 0.29) is 6.61 Å². The number of thioether (sulfide) groups is 1. The van der Waals surface area contributed by atoms with Crippen LogP contribution < -0.4 is 4.74 Å². The molecular formula is C12H14N2O3S. The monoisotopic (exact) mass is 266 g/mol. The summed E-state index contributed by atoms with van der Waals surface area (Å²) in [6.07, 6.45) is 0.713. The summed E-state index contributed by atoms with van der Waals surface area (Å²) in [7, 11) is 1.62. The van der Waals surface area contributed by atoms with Crippen LogP contribution >= 0.6 is 11.8 Å². The van der Waals surface area contributed by atoms with E-state index in [4.69, 9.17) is 14.3 Å². The van der Waals surface area contributed by atoms with Gasteiger partial charge in [0.25, 0.3) is 5.22 Å². The van der Waals surface area contributed by atoms with Gasteiger partial charge in [0.15, 0.2) is 0 Å². The van der Waals surface area contributed by atoms with Gasteiger partial charge in [-0.2, -0.15) is 0 Å². The standard InChI is InChI=1S/C12H14N2O3S/c1-16-10-5-3-9(4-6-10)11-13-14-12(17-11)18-8-2-7-15/h3-6,15H,2,7-8H2,1H3. The molecule has 0 saturated carbocycles. The lowest BCUT2D eigenvalue weighted by atomic mass is 10.2. The second kappa shape index (κ2) is 6.42. The van der Waals surface area contributed by atoms with Crippen LogP contribution in [0.25, 0.3) is 11.5 Å². The highest BCUT2D eigenvalue weighted by atomic mass is 32.2. The van der Waals surface area contributed by atoms with Crippen molar-refractivity contribution in [1.82, 2.24) is 10.2 Å². The van der Waals surface area contributed by atoms with Gasteiger partial charge in [-0.3, -0.25) is 0 Å². The van der Waals surface area contributed by atoms with E-state index in [1.54, 1.807) is 7.11 Å². The Kier molecular flexibility index (Phi) is 4.60. The van der Waals surface area contributed by atoms with Crippen LogP contribution in [-0.2, 0) is 0 Å². The predicted molar refractivity (Wildman–Crippen MR) is 68.7 cm³/mol. The van der Waals surface area contributed by atoms with E-state index in [9.17, 15) is 0 Å². The molecule has 6 heteroatoms. The first-order chi connectivity index (χ1) is 8.83. The Morgan fingerprint density at radius 3 is 2.72 bits per heavy atom. The zero-order valence-corrected chi connectivity index (χ0v) is 10.8. The first-order valence-electron chi connectivity index (χ1n) is 5.55. The molecule has 0 aliphatic carbocycles. The summed E-state index contributed by atoms with van der Waals surface area (Å²) < 4.78 is 10.6. The number of aliphatic hydroxyl groups is 1. The number of hydrogen-bond acceptors (Lipinski definition) is 6. The van der Waals surface area contributed by atoms with Gasteiger partial charge in [-0.05, 0) is 30.7 Å². The van der Waals surface area contributed by atoms with Gasteiger partial charge in [-0.15, -0.1) is 10.2 Å². The van der Waals surface area contributed by atoms with Crippen LogP contribution in [0.15, 0.2) is 33.9 Å². The number of hydrogen-bond donors (Lipinski definition) is 1. The first-order valence-corrected chi connectivity index (χ1v) is 6.53. The summed E-state index contributed by atoms with van der Waals surface area (Å²) in [5.74, 6) is 2.04. The smallest absolute Gasteiger partial charge is 0.276 e. The molecule has 96 valence electrons. The highest BCUT2D eigenvalue weighted by Crippen LogP contribution is 2.24. The first kappa shape index (κ1) is 12.9. The molecule has 5 nitrogen and oxygen atoms in total. The van der Waals surface area contributed by atoms with E-state index in [1.807, 2.05) is 24.3 Å². The fraction of sp³-hybridized carbons (Fsp3) is 0.333. The van der Waals surface area contributed by atoms with Crippen molar-refractivity contribution in [2.45, 2.75) is 11.6 Å². The molecule has 0 fully saturated rings. The second-order valence-corrected chi connectivity index (χ2v) is 4.57. The quantitative estimate of drug-likeness (QED) is 0.638. The van der Waals surface area contributed by atoms with E-state index in [0.29, 0.717) is 17.5 Å². The maximum Gasteiger partial charge on any atom is 0.276 e. The van der Waals surface area contributed by atoms with Gasteiger partial charge in [0, 0.05) is 17.9 Å². The number of aliphatic hydroxyl groups excluding tert-OH is 1. The molecule has 1 aromatic carbocycles. The summed E-state index contributed by atoms with van der Waals surface area (Å²) in [4.78, 5) is 0. The largest absolute Gasteiger partial charge is 0.497 e. The molecular weight excluding hydrogens is 252 g/mol. The average molecular weight is 266 g/mol. The summed E-state index contributed by atoms with van der Waals surface area (Å²) in [6.45, 7) is 0.173. The molecule has 2 rings (SSSR count). The molecule has 0 amide bonds. The molecule has 1 heterocycles. The number of ether oxygens (including phenoxy) is 1. The molecule has 0 atom stereocenters. The van der Waals surface area contributed by atoms with Gasteiger partial charge in [-0.1, -0.05) is 11.8 Å². The van der Waals surface area contributed by atoms with E-state index in [1.165, 1.54) is 11.8 Å². The minimum Gasteiger partial charge on any atom is -0.497 e. The Labute approximate surface area is 109 Å². The Hall–Kier alpha value is -1.53. The molecule has 0 unspecified atom stereocenters. The van der Waals surface area contributed by atoms with Crippen LogP contribution in [0, 0.1) is 0 Å². The SMILES string of the molecule is COc1ccc(-c2nnc(SCCCO)o2)cc1. The number of methoxy groups -OCH3 is 1. The van der Waals surface area contributed by atoms with Crippen LogP contribution in [0.3, 0.4) is 0 Å². The van der Waals surface area contributed by atoms with Crippen molar-refractivity contribution >= 4 is 11.8 Å². The lowest BCUT2D eigenvalue weighted by Crippen LogP contribution is -1.85. The van der Waals surface area contributed by atoms with E-state index < -0.39 is 0 Å². The zero-order valence-electron chi connectivity index (χ0n) is 10.00. The van der Waals surface area contributed by atoms with Crippen molar-refractivity contribution < 1.29 is 14.3 Å². The maximum absolute atomic E-state index is 8.69. The van der Waals surface area contributed by atoms with Crippen LogP contribution in [0.4, 0.5) is 0 Å².